The third-order valence-electron chi connectivity index (χ3n) is 2.68. The quantitative estimate of drug-likeness (QED) is 0.695. The van der Waals surface area contributed by atoms with E-state index in [9.17, 15) is 0 Å². The summed E-state index contributed by atoms with van der Waals surface area (Å²) in [5, 5.41) is 0. The van der Waals surface area contributed by atoms with Gasteiger partial charge in [0.15, 0.2) is 0 Å². The first-order chi connectivity index (χ1) is 7.17. The molecule has 0 bridgehead atoms. The van der Waals surface area contributed by atoms with Crippen LogP contribution in [0.4, 0.5) is 0 Å². The van der Waals surface area contributed by atoms with Gasteiger partial charge in [0.1, 0.15) is 0 Å². The van der Waals surface area contributed by atoms with Crippen LogP contribution in [0.5, 0.6) is 0 Å². The lowest BCUT2D eigenvalue weighted by Crippen LogP contribution is -1.93. The number of aromatic nitrogens is 1. The highest BCUT2D eigenvalue weighted by Crippen LogP contribution is 2.25. The van der Waals surface area contributed by atoms with Crippen molar-refractivity contribution in [2.75, 3.05) is 0 Å². The highest BCUT2D eigenvalue weighted by molar-refractivity contribution is 5.74. The van der Waals surface area contributed by atoms with Crippen molar-refractivity contribution >= 4 is 18.2 Å². The maximum atomic E-state index is 3.88. The van der Waals surface area contributed by atoms with Crippen LogP contribution in [0.2, 0.25) is 0 Å². The van der Waals surface area contributed by atoms with Crippen LogP contribution in [0.15, 0.2) is 18.7 Å². The molecule has 1 nitrogen and oxygen atoms in total. The Morgan fingerprint density at radius 1 is 1.07 bits per heavy atom. The Balaban J connectivity index is 3.54. The van der Waals surface area contributed by atoms with Gasteiger partial charge >= 0.3 is 0 Å². The number of allylic oxidation sites excluding steroid dienone is 2. The van der Waals surface area contributed by atoms with E-state index in [0.717, 1.165) is 0 Å². The summed E-state index contributed by atoms with van der Waals surface area (Å²) in [5.41, 5.74) is 4.98. The number of hydrogen-bond acceptors (Lipinski definition) is 0. The molecule has 0 spiro atoms. The highest BCUT2D eigenvalue weighted by Gasteiger charge is 2.11. The molecule has 0 amide bonds. The van der Waals surface area contributed by atoms with E-state index in [1.54, 1.807) is 0 Å². The standard InChI is InChI=1S/C14H19N/c1-6-9-13-12(8-3)11(4)15(5)14(13)10-7-2/h6-10H,3H2,1-2,4-5H3/b9-6-,10-7-. The monoisotopic (exact) mass is 201 g/mol. The Labute approximate surface area is 92.4 Å². The van der Waals surface area contributed by atoms with Crippen molar-refractivity contribution in [2.45, 2.75) is 20.8 Å². The third-order valence-corrected chi connectivity index (χ3v) is 2.68. The maximum Gasteiger partial charge on any atom is 0.0482 e. The fourth-order valence-corrected chi connectivity index (χ4v) is 1.83. The SMILES string of the molecule is C=Cc1c(/C=C\C)c(/C=C\C)n(C)c1C. The van der Waals surface area contributed by atoms with Gasteiger partial charge in [-0.25, -0.2) is 0 Å². The van der Waals surface area contributed by atoms with Gasteiger partial charge in [0.25, 0.3) is 0 Å². The van der Waals surface area contributed by atoms with Crippen molar-refractivity contribution < 1.29 is 0 Å². The van der Waals surface area contributed by atoms with Crippen LogP contribution < -0.4 is 0 Å². The molecule has 0 aliphatic carbocycles. The molecule has 0 radical (unpaired) electrons. The molecule has 1 heteroatoms. The number of rotatable bonds is 3. The first kappa shape index (κ1) is 11.6. The molecule has 0 aliphatic rings. The van der Waals surface area contributed by atoms with Gasteiger partial charge in [-0.2, -0.15) is 0 Å². The normalized spacial score (nSPS) is 11.7. The molecule has 0 saturated carbocycles. The third kappa shape index (κ3) is 1.96. The first-order valence-electron chi connectivity index (χ1n) is 5.24. The zero-order valence-corrected chi connectivity index (χ0v) is 10.0. The Morgan fingerprint density at radius 3 is 2.13 bits per heavy atom. The van der Waals surface area contributed by atoms with Gasteiger partial charge in [-0.1, -0.05) is 30.9 Å². The van der Waals surface area contributed by atoms with E-state index in [1.807, 2.05) is 19.9 Å². The van der Waals surface area contributed by atoms with Crippen LogP contribution in [-0.2, 0) is 7.05 Å². The molecule has 1 aromatic rings. The van der Waals surface area contributed by atoms with E-state index in [2.05, 4.69) is 49.4 Å². The van der Waals surface area contributed by atoms with Crippen molar-refractivity contribution in [1.29, 1.82) is 0 Å². The lowest BCUT2D eigenvalue weighted by Gasteiger charge is -2.00. The molecule has 0 atom stereocenters. The van der Waals surface area contributed by atoms with Gasteiger partial charge in [-0.15, -0.1) is 0 Å². The van der Waals surface area contributed by atoms with Crippen LogP contribution in [0.1, 0.15) is 36.4 Å². The van der Waals surface area contributed by atoms with Gasteiger partial charge in [-0.3, -0.25) is 0 Å². The molecule has 15 heavy (non-hydrogen) atoms. The Hall–Kier alpha value is -1.50. The molecule has 80 valence electrons. The Kier molecular flexibility index (Phi) is 3.73. The molecule has 0 unspecified atom stereocenters. The van der Waals surface area contributed by atoms with Gasteiger partial charge in [-0.05, 0) is 26.8 Å². The maximum absolute atomic E-state index is 3.88. The van der Waals surface area contributed by atoms with Crippen molar-refractivity contribution in [2.24, 2.45) is 7.05 Å². The summed E-state index contributed by atoms with van der Waals surface area (Å²) in [6.45, 7) is 10.1. The molecule has 0 N–H and O–H groups in total. The van der Waals surface area contributed by atoms with Gasteiger partial charge < -0.3 is 4.57 Å². The highest BCUT2D eigenvalue weighted by atomic mass is 15.0. The average molecular weight is 201 g/mol. The fourth-order valence-electron chi connectivity index (χ4n) is 1.83. The zero-order valence-electron chi connectivity index (χ0n) is 10.0. The molecule has 1 rings (SSSR count). The van der Waals surface area contributed by atoms with Gasteiger partial charge in [0.05, 0.1) is 0 Å². The second kappa shape index (κ2) is 4.83. The largest absolute Gasteiger partial charge is 0.347 e. The topological polar surface area (TPSA) is 4.93 Å². The minimum absolute atomic E-state index is 1.23. The minimum atomic E-state index is 1.23. The molecule has 0 aromatic carbocycles. The van der Waals surface area contributed by atoms with Crippen LogP contribution in [0.25, 0.3) is 18.2 Å². The van der Waals surface area contributed by atoms with Crippen LogP contribution >= 0.6 is 0 Å². The molecule has 0 fully saturated rings. The van der Waals surface area contributed by atoms with Crippen molar-refractivity contribution in [1.82, 2.24) is 4.57 Å². The van der Waals surface area contributed by atoms with Crippen LogP contribution in [-0.4, -0.2) is 4.57 Å². The molecule has 0 saturated heterocycles. The first-order valence-corrected chi connectivity index (χ1v) is 5.24. The van der Waals surface area contributed by atoms with E-state index < -0.39 is 0 Å². The van der Waals surface area contributed by atoms with E-state index in [1.165, 1.54) is 22.5 Å². The molecular formula is C14H19N. The summed E-state index contributed by atoms with van der Waals surface area (Å²) in [7, 11) is 2.09. The van der Waals surface area contributed by atoms with E-state index in [0.29, 0.717) is 0 Å². The second-order valence-electron chi connectivity index (χ2n) is 3.56. The van der Waals surface area contributed by atoms with E-state index in [-0.39, 0.29) is 0 Å². The summed E-state index contributed by atoms with van der Waals surface area (Å²) >= 11 is 0. The Bertz CT molecular complexity index is 417. The lowest BCUT2D eigenvalue weighted by atomic mass is 10.1. The lowest BCUT2D eigenvalue weighted by molar-refractivity contribution is 0.869. The zero-order chi connectivity index (χ0) is 11.4. The number of hydrogen-bond donors (Lipinski definition) is 0. The van der Waals surface area contributed by atoms with Gasteiger partial charge in [0, 0.05) is 29.6 Å². The second-order valence-corrected chi connectivity index (χ2v) is 3.56. The van der Waals surface area contributed by atoms with Crippen LogP contribution in [0.3, 0.4) is 0 Å². The molecule has 1 aromatic heterocycles. The van der Waals surface area contributed by atoms with Crippen molar-refractivity contribution in [3.05, 3.63) is 41.2 Å². The summed E-state index contributed by atoms with van der Waals surface area (Å²) in [6, 6.07) is 0. The summed E-state index contributed by atoms with van der Waals surface area (Å²) < 4.78 is 2.20. The molecular weight excluding hydrogens is 182 g/mol. The summed E-state index contributed by atoms with van der Waals surface area (Å²) in [4.78, 5) is 0. The van der Waals surface area contributed by atoms with Gasteiger partial charge in [0.2, 0.25) is 0 Å². The van der Waals surface area contributed by atoms with Crippen molar-refractivity contribution in [3.8, 4) is 0 Å². The fraction of sp³-hybridized carbons (Fsp3) is 0.286. The smallest absolute Gasteiger partial charge is 0.0482 e. The molecule has 1 heterocycles. The minimum Gasteiger partial charge on any atom is -0.347 e. The Morgan fingerprint density at radius 2 is 1.67 bits per heavy atom. The predicted molar refractivity (Wildman–Crippen MR) is 69.7 cm³/mol. The molecule has 0 aliphatic heterocycles. The summed E-state index contributed by atoms with van der Waals surface area (Å²) in [5.74, 6) is 0. The predicted octanol–water partition coefficient (Wildman–Crippen LogP) is 4.04. The average Bonchev–Trinajstić information content (AvgIpc) is 2.44. The van der Waals surface area contributed by atoms with Crippen LogP contribution in [0, 0.1) is 6.92 Å². The van der Waals surface area contributed by atoms with Crippen molar-refractivity contribution in [3.63, 3.8) is 0 Å². The summed E-state index contributed by atoms with van der Waals surface area (Å²) in [6.07, 6.45) is 10.3. The number of nitrogens with zero attached hydrogens (tertiary/aromatic N) is 1. The van der Waals surface area contributed by atoms with E-state index >= 15 is 0 Å². The van der Waals surface area contributed by atoms with E-state index in [4.69, 9.17) is 0 Å².